The third-order valence-electron chi connectivity index (χ3n) is 4.62. The van der Waals surface area contributed by atoms with E-state index in [0.29, 0.717) is 6.54 Å². The first kappa shape index (κ1) is 17.9. The Labute approximate surface area is 154 Å². The summed E-state index contributed by atoms with van der Waals surface area (Å²) in [7, 11) is 0. The summed E-state index contributed by atoms with van der Waals surface area (Å²) in [4.78, 5) is 14.7. The van der Waals surface area contributed by atoms with Crippen LogP contribution in [-0.2, 0) is 4.79 Å². The summed E-state index contributed by atoms with van der Waals surface area (Å²) < 4.78 is 0. The van der Waals surface area contributed by atoms with Gasteiger partial charge < -0.3 is 10.0 Å². The summed E-state index contributed by atoms with van der Waals surface area (Å²) in [6.45, 7) is 5.91. The van der Waals surface area contributed by atoms with Crippen LogP contribution in [0.5, 0.6) is 0 Å². The van der Waals surface area contributed by atoms with Gasteiger partial charge in [0.15, 0.2) is 0 Å². The summed E-state index contributed by atoms with van der Waals surface area (Å²) in [6.07, 6.45) is 0.822. The third kappa shape index (κ3) is 3.68. The molecular formula is C23H23NO2. The summed E-state index contributed by atoms with van der Waals surface area (Å²) in [6, 6.07) is 23.3. The minimum atomic E-state index is -0.872. The number of rotatable bonds is 6. The van der Waals surface area contributed by atoms with Crippen LogP contribution in [0.15, 0.2) is 85.5 Å². The number of carbonyl (C=O) groups excluding carboxylic acids is 1. The molecule has 0 aliphatic rings. The topological polar surface area (TPSA) is 40.5 Å². The maximum absolute atomic E-state index is 13.0. The SMILES string of the molecule is C=CCN(C(=O)[C@H](C)[C@H](O)c1ccc2ccccc2c1)c1ccccc1. The van der Waals surface area contributed by atoms with Crippen molar-refractivity contribution in [2.75, 3.05) is 11.4 Å². The predicted molar refractivity (Wildman–Crippen MR) is 107 cm³/mol. The zero-order chi connectivity index (χ0) is 18.5. The molecule has 1 amide bonds. The molecule has 132 valence electrons. The zero-order valence-electron chi connectivity index (χ0n) is 14.9. The normalized spacial score (nSPS) is 13.2. The highest BCUT2D eigenvalue weighted by Gasteiger charge is 2.28. The summed E-state index contributed by atoms with van der Waals surface area (Å²) in [5.41, 5.74) is 1.55. The van der Waals surface area contributed by atoms with Gasteiger partial charge in [-0.2, -0.15) is 0 Å². The van der Waals surface area contributed by atoms with Gasteiger partial charge in [-0.1, -0.05) is 67.6 Å². The first-order chi connectivity index (χ1) is 12.6. The van der Waals surface area contributed by atoms with Crippen molar-refractivity contribution in [2.45, 2.75) is 13.0 Å². The molecule has 0 fully saturated rings. The number of benzene rings is 3. The highest BCUT2D eigenvalue weighted by Crippen LogP contribution is 2.28. The number of para-hydroxylation sites is 1. The molecular weight excluding hydrogens is 322 g/mol. The van der Waals surface area contributed by atoms with Crippen LogP contribution in [0.4, 0.5) is 5.69 Å². The van der Waals surface area contributed by atoms with Crippen LogP contribution in [0.3, 0.4) is 0 Å². The molecule has 3 aromatic carbocycles. The molecule has 3 nitrogen and oxygen atoms in total. The van der Waals surface area contributed by atoms with Gasteiger partial charge >= 0.3 is 0 Å². The standard InChI is InChI=1S/C23H23NO2/c1-3-15-24(21-11-5-4-6-12-21)23(26)17(2)22(25)20-14-13-18-9-7-8-10-19(18)16-20/h3-14,16-17,22,25H,1,15H2,2H3/t17-,22+/m1/s1. The van der Waals surface area contributed by atoms with Crippen LogP contribution in [0.25, 0.3) is 10.8 Å². The van der Waals surface area contributed by atoms with E-state index in [9.17, 15) is 9.90 Å². The Morgan fingerprint density at radius 1 is 1.04 bits per heavy atom. The average molecular weight is 345 g/mol. The van der Waals surface area contributed by atoms with Crippen molar-refractivity contribution >= 4 is 22.4 Å². The number of hydrogen-bond donors (Lipinski definition) is 1. The highest BCUT2D eigenvalue weighted by atomic mass is 16.3. The maximum atomic E-state index is 13.0. The van der Waals surface area contributed by atoms with Crippen molar-refractivity contribution in [2.24, 2.45) is 5.92 Å². The van der Waals surface area contributed by atoms with Gasteiger partial charge in [-0.3, -0.25) is 4.79 Å². The third-order valence-corrected chi connectivity index (χ3v) is 4.62. The van der Waals surface area contributed by atoms with E-state index in [1.54, 1.807) is 17.9 Å². The fourth-order valence-electron chi connectivity index (χ4n) is 3.12. The van der Waals surface area contributed by atoms with Gasteiger partial charge in [-0.15, -0.1) is 6.58 Å². The number of anilines is 1. The van der Waals surface area contributed by atoms with E-state index in [2.05, 4.69) is 6.58 Å². The first-order valence-electron chi connectivity index (χ1n) is 8.76. The monoisotopic (exact) mass is 345 g/mol. The van der Waals surface area contributed by atoms with Crippen molar-refractivity contribution in [3.05, 3.63) is 91.0 Å². The van der Waals surface area contributed by atoms with Crippen LogP contribution < -0.4 is 4.90 Å². The second-order valence-electron chi connectivity index (χ2n) is 6.41. The molecule has 0 saturated carbocycles. The Bertz CT molecular complexity index is 904. The summed E-state index contributed by atoms with van der Waals surface area (Å²) >= 11 is 0. The van der Waals surface area contributed by atoms with E-state index in [1.807, 2.05) is 72.8 Å². The Hall–Kier alpha value is -2.91. The zero-order valence-corrected chi connectivity index (χ0v) is 14.9. The minimum absolute atomic E-state index is 0.128. The van der Waals surface area contributed by atoms with Crippen molar-refractivity contribution in [1.29, 1.82) is 0 Å². The van der Waals surface area contributed by atoms with E-state index in [4.69, 9.17) is 0 Å². The average Bonchev–Trinajstić information content (AvgIpc) is 2.70. The van der Waals surface area contributed by atoms with Gasteiger partial charge in [0.2, 0.25) is 5.91 Å². The largest absolute Gasteiger partial charge is 0.388 e. The molecule has 3 rings (SSSR count). The fourth-order valence-corrected chi connectivity index (χ4v) is 3.12. The lowest BCUT2D eigenvalue weighted by atomic mass is 9.94. The van der Waals surface area contributed by atoms with E-state index in [0.717, 1.165) is 22.0 Å². The Balaban J connectivity index is 1.86. The van der Waals surface area contributed by atoms with E-state index in [-0.39, 0.29) is 5.91 Å². The van der Waals surface area contributed by atoms with E-state index < -0.39 is 12.0 Å². The molecule has 3 aromatic rings. The molecule has 0 spiro atoms. The van der Waals surface area contributed by atoms with Gasteiger partial charge in [0.1, 0.15) is 0 Å². The fraction of sp³-hybridized carbons (Fsp3) is 0.174. The van der Waals surface area contributed by atoms with Crippen LogP contribution in [-0.4, -0.2) is 17.6 Å². The van der Waals surface area contributed by atoms with Gasteiger partial charge in [-0.05, 0) is 34.5 Å². The molecule has 0 aromatic heterocycles. The molecule has 0 bridgehead atoms. The Morgan fingerprint density at radius 3 is 2.38 bits per heavy atom. The van der Waals surface area contributed by atoms with Crippen molar-refractivity contribution < 1.29 is 9.90 Å². The predicted octanol–water partition coefficient (Wildman–Crippen LogP) is 4.73. The molecule has 1 N–H and O–H groups in total. The Kier molecular flexibility index (Phi) is 5.49. The van der Waals surface area contributed by atoms with Crippen LogP contribution in [0.1, 0.15) is 18.6 Å². The number of amides is 1. The molecule has 26 heavy (non-hydrogen) atoms. The number of carbonyl (C=O) groups is 1. The Morgan fingerprint density at radius 2 is 1.69 bits per heavy atom. The lowest BCUT2D eigenvalue weighted by molar-refractivity contribution is -0.125. The van der Waals surface area contributed by atoms with E-state index >= 15 is 0 Å². The number of fused-ring (bicyclic) bond motifs is 1. The second kappa shape index (κ2) is 7.98. The van der Waals surface area contributed by atoms with Gasteiger partial charge in [0, 0.05) is 12.2 Å². The molecule has 0 radical (unpaired) electrons. The molecule has 0 heterocycles. The molecule has 2 atom stereocenters. The smallest absolute Gasteiger partial charge is 0.233 e. The number of aliphatic hydroxyl groups excluding tert-OH is 1. The summed E-state index contributed by atoms with van der Waals surface area (Å²) in [5, 5.41) is 13.0. The first-order valence-corrected chi connectivity index (χ1v) is 8.76. The van der Waals surface area contributed by atoms with Crippen LogP contribution in [0, 0.1) is 5.92 Å². The molecule has 0 unspecified atom stereocenters. The number of aliphatic hydroxyl groups is 1. The minimum Gasteiger partial charge on any atom is -0.388 e. The molecule has 0 aliphatic heterocycles. The van der Waals surface area contributed by atoms with Gasteiger partial charge in [0.05, 0.1) is 12.0 Å². The highest BCUT2D eigenvalue weighted by molar-refractivity contribution is 5.95. The second-order valence-corrected chi connectivity index (χ2v) is 6.41. The van der Waals surface area contributed by atoms with Crippen LogP contribution in [0.2, 0.25) is 0 Å². The van der Waals surface area contributed by atoms with Gasteiger partial charge in [-0.25, -0.2) is 0 Å². The van der Waals surface area contributed by atoms with Crippen molar-refractivity contribution in [1.82, 2.24) is 0 Å². The lowest BCUT2D eigenvalue weighted by Crippen LogP contribution is -2.37. The molecule has 3 heteroatoms. The number of hydrogen-bond acceptors (Lipinski definition) is 2. The number of nitrogens with zero attached hydrogens (tertiary/aromatic N) is 1. The quantitative estimate of drug-likeness (QED) is 0.656. The van der Waals surface area contributed by atoms with Crippen molar-refractivity contribution in [3.63, 3.8) is 0 Å². The lowest BCUT2D eigenvalue weighted by Gasteiger charge is -2.27. The van der Waals surface area contributed by atoms with Crippen LogP contribution >= 0.6 is 0 Å². The van der Waals surface area contributed by atoms with Gasteiger partial charge in [0.25, 0.3) is 0 Å². The summed E-state index contributed by atoms with van der Waals surface area (Å²) in [5.74, 6) is -0.701. The molecule has 0 aliphatic carbocycles. The van der Waals surface area contributed by atoms with Crippen molar-refractivity contribution in [3.8, 4) is 0 Å². The maximum Gasteiger partial charge on any atom is 0.233 e. The molecule has 0 saturated heterocycles. The van der Waals surface area contributed by atoms with E-state index in [1.165, 1.54) is 0 Å².